The Kier molecular flexibility index (Phi) is 4.09. The van der Waals surface area contributed by atoms with Gasteiger partial charge in [0.1, 0.15) is 5.82 Å². The van der Waals surface area contributed by atoms with Gasteiger partial charge in [-0.3, -0.25) is 9.52 Å². The molecule has 21 heavy (non-hydrogen) atoms. The van der Waals surface area contributed by atoms with Gasteiger partial charge in [0.05, 0.1) is 11.8 Å². The van der Waals surface area contributed by atoms with Crippen molar-refractivity contribution in [1.82, 2.24) is 0 Å². The monoisotopic (exact) mass is 307 g/mol. The molecule has 0 spiro atoms. The SMILES string of the molecule is Cc1ccc(F)c(C(=O)c2ccc(NS(C)(=O)=O)cc2)c1. The van der Waals surface area contributed by atoms with Crippen LogP contribution in [0.4, 0.5) is 10.1 Å². The van der Waals surface area contributed by atoms with Crippen molar-refractivity contribution in [2.45, 2.75) is 6.92 Å². The van der Waals surface area contributed by atoms with Crippen LogP contribution in [0.3, 0.4) is 0 Å². The predicted molar refractivity (Wildman–Crippen MR) is 79.5 cm³/mol. The third kappa shape index (κ3) is 3.88. The fourth-order valence-corrected chi connectivity index (χ4v) is 2.44. The first-order valence-electron chi connectivity index (χ1n) is 6.15. The Hall–Kier alpha value is -2.21. The quantitative estimate of drug-likeness (QED) is 0.883. The molecule has 0 unspecified atom stereocenters. The van der Waals surface area contributed by atoms with Gasteiger partial charge in [-0.2, -0.15) is 0 Å². The van der Waals surface area contributed by atoms with E-state index >= 15 is 0 Å². The smallest absolute Gasteiger partial charge is 0.229 e. The number of nitrogens with one attached hydrogen (secondary N) is 1. The van der Waals surface area contributed by atoms with Crippen molar-refractivity contribution in [1.29, 1.82) is 0 Å². The summed E-state index contributed by atoms with van der Waals surface area (Å²) in [4.78, 5) is 12.2. The van der Waals surface area contributed by atoms with Crippen molar-refractivity contribution in [3.63, 3.8) is 0 Å². The van der Waals surface area contributed by atoms with Crippen LogP contribution in [0.2, 0.25) is 0 Å². The number of halogens is 1. The molecule has 0 aromatic heterocycles. The van der Waals surface area contributed by atoms with Crippen LogP contribution in [-0.2, 0) is 10.0 Å². The lowest BCUT2D eigenvalue weighted by Gasteiger charge is -2.06. The van der Waals surface area contributed by atoms with E-state index in [-0.39, 0.29) is 5.56 Å². The van der Waals surface area contributed by atoms with Crippen molar-refractivity contribution >= 4 is 21.5 Å². The van der Waals surface area contributed by atoms with Crippen LogP contribution in [0, 0.1) is 12.7 Å². The highest BCUT2D eigenvalue weighted by atomic mass is 32.2. The molecule has 0 aliphatic heterocycles. The second-order valence-electron chi connectivity index (χ2n) is 4.76. The summed E-state index contributed by atoms with van der Waals surface area (Å²) in [5.74, 6) is -1.02. The van der Waals surface area contributed by atoms with Crippen LogP contribution in [0.5, 0.6) is 0 Å². The Labute approximate surface area is 122 Å². The lowest BCUT2D eigenvalue weighted by Crippen LogP contribution is -2.10. The van der Waals surface area contributed by atoms with Gasteiger partial charge < -0.3 is 0 Å². The molecule has 0 heterocycles. The molecule has 2 rings (SSSR count). The molecule has 2 aromatic carbocycles. The maximum Gasteiger partial charge on any atom is 0.229 e. The van der Waals surface area contributed by atoms with Crippen LogP contribution in [-0.4, -0.2) is 20.5 Å². The number of carbonyl (C=O) groups excluding carboxylic acids is 1. The van der Waals surface area contributed by atoms with E-state index in [1.54, 1.807) is 13.0 Å². The number of hydrogen-bond donors (Lipinski definition) is 1. The average molecular weight is 307 g/mol. The van der Waals surface area contributed by atoms with E-state index in [0.717, 1.165) is 11.8 Å². The number of benzene rings is 2. The predicted octanol–water partition coefficient (Wildman–Crippen LogP) is 2.74. The minimum absolute atomic E-state index is 0.00109. The van der Waals surface area contributed by atoms with Crippen LogP contribution in [0.15, 0.2) is 42.5 Å². The molecule has 0 saturated heterocycles. The van der Waals surface area contributed by atoms with E-state index in [0.29, 0.717) is 11.3 Å². The van der Waals surface area contributed by atoms with Gasteiger partial charge in [0.2, 0.25) is 10.0 Å². The summed E-state index contributed by atoms with van der Waals surface area (Å²) in [6.07, 6.45) is 1.04. The minimum atomic E-state index is -3.37. The number of rotatable bonds is 4. The fraction of sp³-hybridized carbons (Fsp3) is 0.133. The van der Waals surface area contributed by atoms with Gasteiger partial charge in [-0.05, 0) is 43.3 Å². The van der Waals surface area contributed by atoms with Crippen LogP contribution < -0.4 is 4.72 Å². The summed E-state index contributed by atoms with van der Waals surface area (Å²) in [7, 11) is -3.37. The first kappa shape index (κ1) is 15.2. The molecule has 4 nitrogen and oxygen atoms in total. The molecule has 110 valence electrons. The maximum absolute atomic E-state index is 13.7. The average Bonchev–Trinajstić information content (AvgIpc) is 2.40. The lowest BCUT2D eigenvalue weighted by molar-refractivity contribution is 0.103. The van der Waals surface area contributed by atoms with Gasteiger partial charge in [0.15, 0.2) is 5.78 Å². The van der Waals surface area contributed by atoms with E-state index in [2.05, 4.69) is 4.72 Å². The standard InChI is InChI=1S/C15H14FNO3S/c1-10-3-8-14(16)13(9-10)15(18)11-4-6-12(7-5-11)17-21(2,19)20/h3-9,17H,1-2H3. The molecule has 0 amide bonds. The van der Waals surface area contributed by atoms with Gasteiger partial charge in [-0.25, -0.2) is 12.8 Å². The molecule has 0 atom stereocenters. The number of carbonyl (C=O) groups is 1. The summed E-state index contributed by atoms with van der Waals surface area (Å²) < 4.78 is 38.2. The van der Waals surface area contributed by atoms with Crippen molar-refractivity contribution < 1.29 is 17.6 Å². The Morgan fingerprint density at radius 2 is 1.71 bits per heavy atom. The minimum Gasteiger partial charge on any atom is -0.288 e. The largest absolute Gasteiger partial charge is 0.288 e. The Bertz CT molecular complexity index is 783. The van der Waals surface area contributed by atoms with E-state index in [1.165, 1.54) is 36.4 Å². The van der Waals surface area contributed by atoms with E-state index < -0.39 is 21.6 Å². The summed E-state index contributed by atoms with van der Waals surface area (Å²) in [6.45, 7) is 1.77. The molecule has 0 bridgehead atoms. The fourth-order valence-electron chi connectivity index (χ4n) is 1.87. The van der Waals surface area contributed by atoms with E-state index in [4.69, 9.17) is 0 Å². The first-order chi connectivity index (χ1) is 9.76. The molecule has 1 N–H and O–H groups in total. The molecular weight excluding hydrogens is 293 g/mol. The molecule has 0 aliphatic carbocycles. The number of hydrogen-bond acceptors (Lipinski definition) is 3. The van der Waals surface area contributed by atoms with Gasteiger partial charge in [0.25, 0.3) is 0 Å². The van der Waals surface area contributed by atoms with Gasteiger partial charge >= 0.3 is 0 Å². The highest BCUT2D eigenvalue weighted by Gasteiger charge is 2.14. The zero-order valence-electron chi connectivity index (χ0n) is 11.6. The first-order valence-corrected chi connectivity index (χ1v) is 8.04. The molecule has 0 saturated carbocycles. The Morgan fingerprint density at radius 3 is 2.29 bits per heavy atom. The second kappa shape index (κ2) is 5.65. The number of sulfonamides is 1. The van der Waals surface area contributed by atoms with E-state index in [1.807, 2.05) is 0 Å². The highest BCUT2D eigenvalue weighted by molar-refractivity contribution is 7.92. The van der Waals surface area contributed by atoms with Crippen molar-refractivity contribution in [3.8, 4) is 0 Å². The lowest BCUT2D eigenvalue weighted by atomic mass is 10.0. The van der Waals surface area contributed by atoms with Crippen LogP contribution in [0.25, 0.3) is 0 Å². The zero-order chi connectivity index (χ0) is 15.6. The van der Waals surface area contributed by atoms with Crippen molar-refractivity contribution in [2.75, 3.05) is 11.0 Å². The summed E-state index contributed by atoms with van der Waals surface area (Å²) in [6, 6.07) is 10.2. The summed E-state index contributed by atoms with van der Waals surface area (Å²) in [5.41, 5.74) is 1.42. The van der Waals surface area contributed by atoms with Crippen LogP contribution in [0.1, 0.15) is 21.5 Å². The number of anilines is 1. The molecule has 0 radical (unpaired) electrons. The Morgan fingerprint density at radius 1 is 1.10 bits per heavy atom. The number of ketones is 1. The van der Waals surface area contributed by atoms with Gasteiger partial charge in [-0.15, -0.1) is 0 Å². The Balaban J connectivity index is 2.30. The number of aryl methyl sites for hydroxylation is 1. The van der Waals surface area contributed by atoms with E-state index in [9.17, 15) is 17.6 Å². The van der Waals surface area contributed by atoms with Gasteiger partial charge in [-0.1, -0.05) is 11.6 Å². The topological polar surface area (TPSA) is 63.2 Å². The molecule has 2 aromatic rings. The van der Waals surface area contributed by atoms with Crippen molar-refractivity contribution in [2.24, 2.45) is 0 Å². The molecule has 6 heteroatoms. The maximum atomic E-state index is 13.7. The van der Waals surface area contributed by atoms with Crippen LogP contribution >= 0.6 is 0 Å². The molecular formula is C15H14FNO3S. The van der Waals surface area contributed by atoms with Gasteiger partial charge in [0, 0.05) is 11.3 Å². The normalized spacial score (nSPS) is 11.2. The third-order valence-corrected chi connectivity index (χ3v) is 3.42. The summed E-state index contributed by atoms with van der Waals surface area (Å²) in [5, 5.41) is 0. The molecule has 0 fully saturated rings. The summed E-state index contributed by atoms with van der Waals surface area (Å²) >= 11 is 0. The van der Waals surface area contributed by atoms with Crippen molar-refractivity contribution in [3.05, 3.63) is 65.0 Å². The third-order valence-electron chi connectivity index (χ3n) is 2.82. The molecule has 0 aliphatic rings. The second-order valence-corrected chi connectivity index (χ2v) is 6.51. The highest BCUT2D eigenvalue weighted by Crippen LogP contribution is 2.17. The zero-order valence-corrected chi connectivity index (χ0v) is 12.4.